The number of benzene rings is 1. The Morgan fingerprint density at radius 1 is 1.08 bits per heavy atom. The Bertz CT molecular complexity index is 1230. The van der Waals surface area contributed by atoms with Crippen molar-refractivity contribution in [2.45, 2.75) is 45.4 Å². The van der Waals surface area contributed by atoms with Crippen molar-refractivity contribution in [2.24, 2.45) is 0 Å². The van der Waals surface area contributed by atoms with E-state index in [0.29, 0.717) is 23.1 Å². The van der Waals surface area contributed by atoms with Crippen molar-refractivity contribution in [3.8, 4) is 11.8 Å². The van der Waals surface area contributed by atoms with E-state index < -0.39 is 6.03 Å². The molecule has 0 saturated carbocycles. The molecule has 0 bridgehead atoms. The van der Waals surface area contributed by atoms with Gasteiger partial charge >= 0.3 is 6.03 Å². The lowest BCUT2D eigenvalue weighted by molar-refractivity contribution is 0.262. The largest absolute Gasteiger partial charge is 0.370 e. The predicted molar refractivity (Wildman–Crippen MR) is 141 cm³/mol. The third kappa shape index (κ3) is 7.55. The molecule has 0 atom stereocenters. The van der Waals surface area contributed by atoms with Crippen molar-refractivity contribution in [2.75, 3.05) is 42.1 Å². The van der Waals surface area contributed by atoms with Gasteiger partial charge in [-0.25, -0.2) is 14.8 Å². The van der Waals surface area contributed by atoms with E-state index >= 15 is 0 Å². The molecule has 1 fully saturated rings. The van der Waals surface area contributed by atoms with Crippen LogP contribution in [0.5, 0.6) is 0 Å². The smallest absolute Gasteiger partial charge is 0.324 e. The van der Waals surface area contributed by atoms with Gasteiger partial charge in [-0.3, -0.25) is 5.32 Å². The average Bonchev–Trinajstić information content (AvgIpc) is 3.53. The summed E-state index contributed by atoms with van der Waals surface area (Å²) in [6.45, 7) is 10.4. The van der Waals surface area contributed by atoms with Crippen LogP contribution < -0.4 is 16.0 Å². The second-order valence-corrected chi connectivity index (χ2v) is 9.83. The van der Waals surface area contributed by atoms with Crippen LogP contribution in [0.1, 0.15) is 57.2 Å². The minimum atomic E-state index is -0.416. The Hall–Kier alpha value is -3.90. The molecule has 4 rings (SSSR count). The molecule has 1 saturated heterocycles. The van der Waals surface area contributed by atoms with E-state index in [1.807, 2.05) is 39.0 Å². The molecular formula is C27H33N7O2. The first kappa shape index (κ1) is 25.2. The summed E-state index contributed by atoms with van der Waals surface area (Å²) in [5.74, 6) is 8.33. The van der Waals surface area contributed by atoms with E-state index in [1.54, 1.807) is 24.4 Å². The number of anilines is 3. The quantitative estimate of drug-likeness (QED) is 0.327. The van der Waals surface area contributed by atoms with Crippen molar-refractivity contribution >= 4 is 23.4 Å². The van der Waals surface area contributed by atoms with Gasteiger partial charge in [-0.05, 0) is 69.1 Å². The fourth-order valence-electron chi connectivity index (χ4n) is 3.81. The number of amides is 2. The number of hydrogen-bond donors (Lipinski definition) is 3. The van der Waals surface area contributed by atoms with Crippen LogP contribution in [0.15, 0.2) is 47.1 Å². The van der Waals surface area contributed by atoms with Crippen LogP contribution in [0.25, 0.3) is 0 Å². The molecule has 1 aliphatic rings. The van der Waals surface area contributed by atoms with Gasteiger partial charge in [-0.15, -0.1) is 0 Å². The average molecular weight is 488 g/mol. The van der Waals surface area contributed by atoms with Crippen molar-refractivity contribution in [3.05, 3.63) is 59.7 Å². The first-order valence-corrected chi connectivity index (χ1v) is 12.3. The summed E-state index contributed by atoms with van der Waals surface area (Å²) >= 11 is 0. The Morgan fingerprint density at radius 2 is 1.92 bits per heavy atom. The van der Waals surface area contributed by atoms with Gasteiger partial charge in [0, 0.05) is 35.5 Å². The number of carbonyl (C=O) groups excluding carboxylic acids is 1. The fraction of sp³-hybridized carbons (Fsp3) is 0.407. The third-order valence-corrected chi connectivity index (χ3v) is 5.74. The number of likely N-dealkylation sites (tertiary alicyclic amines) is 1. The van der Waals surface area contributed by atoms with Gasteiger partial charge < -0.3 is 20.1 Å². The minimum Gasteiger partial charge on any atom is -0.370 e. The summed E-state index contributed by atoms with van der Waals surface area (Å²) in [4.78, 5) is 23.6. The number of nitrogens with one attached hydrogen (secondary N) is 3. The van der Waals surface area contributed by atoms with Crippen molar-refractivity contribution in [1.29, 1.82) is 0 Å². The number of urea groups is 1. The summed E-state index contributed by atoms with van der Waals surface area (Å²) in [7, 11) is 0. The molecule has 3 N–H and O–H groups in total. The van der Waals surface area contributed by atoms with Crippen molar-refractivity contribution < 1.29 is 9.32 Å². The Kier molecular flexibility index (Phi) is 8.18. The van der Waals surface area contributed by atoms with Crippen LogP contribution in [0, 0.1) is 11.8 Å². The van der Waals surface area contributed by atoms with E-state index in [1.165, 1.54) is 25.9 Å². The number of rotatable bonds is 7. The maximum Gasteiger partial charge on any atom is 0.324 e. The zero-order chi connectivity index (χ0) is 25.4. The molecule has 1 aliphatic heterocycles. The molecule has 2 aromatic heterocycles. The zero-order valence-corrected chi connectivity index (χ0v) is 21.1. The summed E-state index contributed by atoms with van der Waals surface area (Å²) < 4.78 is 5.30. The van der Waals surface area contributed by atoms with Crippen LogP contribution in [0.3, 0.4) is 0 Å². The van der Waals surface area contributed by atoms with E-state index in [-0.39, 0.29) is 5.41 Å². The van der Waals surface area contributed by atoms with E-state index in [0.717, 1.165) is 30.9 Å². The molecule has 9 heteroatoms. The number of nitrogens with zero attached hydrogens (tertiary/aromatic N) is 4. The molecule has 0 aliphatic carbocycles. The molecule has 9 nitrogen and oxygen atoms in total. The zero-order valence-electron chi connectivity index (χ0n) is 21.1. The summed E-state index contributed by atoms with van der Waals surface area (Å²) in [5, 5.41) is 12.7. The molecule has 3 aromatic rings. The number of hydrogen-bond acceptors (Lipinski definition) is 7. The monoisotopic (exact) mass is 487 g/mol. The lowest BCUT2D eigenvalue weighted by Crippen LogP contribution is -2.22. The van der Waals surface area contributed by atoms with Crippen LogP contribution in [0.2, 0.25) is 0 Å². The maximum atomic E-state index is 12.4. The molecule has 3 heterocycles. The Balaban J connectivity index is 1.30. The maximum absolute atomic E-state index is 12.4. The fourth-order valence-corrected chi connectivity index (χ4v) is 3.81. The van der Waals surface area contributed by atoms with Gasteiger partial charge in [0.05, 0.1) is 0 Å². The minimum absolute atomic E-state index is 0.191. The molecule has 188 valence electrons. The van der Waals surface area contributed by atoms with Crippen molar-refractivity contribution in [1.82, 2.24) is 20.0 Å². The Morgan fingerprint density at radius 3 is 2.69 bits per heavy atom. The normalized spacial score (nSPS) is 13.6. The molecule has 0 unspecified atom stereocenters. The highest BCUT2D eigenvalue weighted by Gasteiger charge is 2.20. The molecule has 36 heavy (non-hydrogen) atoms. The van der Waals surface area contributed by atoms with E-state index in [9.17, 15) is 4.79 Å². The summed E-state index contributed by atoms with van der Waals surface area (Å²) in [5.41, 5.74) is 1.15. The third-order valence-electron chi connectivity index (χ3n) is 5.74. The van der Waals surface area contributed by atoms with Gasteiger partial charge in [-0.2, -0.15) is 0 Å². The molecule has 0 spiro atoms. The highest BCUT2D eigenvalue weighted by atomic mass is 16.5. The Labute approximate surface area is 212 Å². The van der Waals surface area contributed by atoms with E-state index in [2.05, 4.69) is 47.8 Å². The number of aromatic nitrogens is 3. The molecule has 1 aromatic carbocycles. The van der Waals surface area contributed by atoms with Gasteiger partial charge in [0.1, 0.15) is 11.6 Å². The summed E-state index contributed by atoms with van der Waals surface area (Å²) in [6, 6.07) is 10.4. The first-order valence-electron chi connectivity index (χ1n) is 12.3. The number of carbonyl (C=O) groups is 1. The van der Waals surface area contributed by atoms with Gasteiger partial charge in [-0.1, -0.05) is 37.9 Å². The lowest BCUT2D eigenvalue weighted by atomic mass is 9.93. The highest BCUT2D eigenvalue weighted by molar-refractivity contribution is 5.99. The molecule has 2 amide bonds. The van der Waals surface area contributed by atoms with Gasteiger partial charge in [0.15, 0.2) is 5.82 Å². The SMILES string of the molecule is CC(C)(C)c1cc(NC(=O)Nc2cccc(C#Cc3nccc(NCCCN4CCCC4)n3)c2)no1. The van der Waals surface area contributed by atoms with Crippen molar-refractivity contribution in [3.63, 3.8) is 0 Å². The lowest BCUT2D eigenvalue weighted by Gasteiger charge is -2.14. The molecule has 0 radical (unpaired) electrons. The van der Waals surface area contributed by atoms with Crippen LogP contribution in [-0.4, -0.2) is 52.2 Å². The summed E-state index contributed by atoms with van der Waals surface area (Å²) in [6.07, 6.45) is 5.41. The standard InChI is InChI=1S/C27H33N7O2/c1-27(2,3)22-19-25(33-36-22)32-26(35)30-21-9-6-8-20(18-21)10-11-23-29-14-12-24(31-23)28-13-7-17-34-15-4-5-16-34/h6,8-9,12,14,18-19H,4-5,7,13,15-17H2,1-3H3,(H,28,29,31)(H2,30,32,33,35). The first-order chi connectivity index (χ1) is 17.3. The van der Waals surface area contributed by atoms with E-state index in [4.69, 9.17) is 4.52 Å². The van der Waals surface area contributed by atoms with Gasteiger partial charge in [0.2, 0.25) is 5.82 Å². The van der Waals surface area contributed by atoms with Crippen LogP contribution >= 0.6 is 0 Å². The molecular weight excluding hydrogens is 454 g/mol. The van der Waals surface area contributed by atoms with Gasteiger partial charge in [0.25, 0.3) is 0 Å². The highest BCUT2D eigenvalue weighted by Crippen LogP contribution is 2.24. The van der Waals surface area contributed by atoms with Crippen LogP contribution in [-0.2, 0) is 5.41 Å². The predicted octanol–water partition coefficient (Wildman–Crippen LogP) is 4.70. The second kappa shape index (κ2) is 11.7. The topological polar surface area (TPSA) is 108 Å². The second-order valence-electron chi connectivity index (χ2n) is 9.83. The van der Waals surface area contributed by atoms with Crippen LogP contribution in [0.4, 0.5) is 22.1 Å².